The summed E-state index contributed by atoms with van der Waals surface area (Å²) < 4.78 is 26.8. The van der Waals surface area contributed by atoms with E-state index in [-0.39, 0.29) is 24.3 Å². The molecule has 0 unspecified atom stereocenters. The molecule has 0 amide bonds. The minimum atomic E-state index is -3.94. The van der Waals surface area contributed by atoms with Gasteiger partial charge in [0.15, 0.2) is 0 Å². The second-order valence-corrected chi connectivity index (χ2v) is 11.3. The molecule has 0 saturated heterocycles. The minimum Gasteiger partial charge on any atom is -0.367 e. The Kier molecular flexibility index (Phi) is 6.94. The highest BCUT2D eigenvalue weighted by Gasteiger charge is 2.28. The summed E-state index contributed by atoms with van der Waals surface area (Å²) in [5.41, 5.74) is 4.27. The third-order valence-electron chi connectivity index (χ3n) is 6.50. The first-order valence-corrected chi connectivity index (χ1v) is 13.8. The molecule has 2 aromatic heterocycles. The summed E-state index contributed by atoms with van der Waals surface area (Å²) in [6.07, 6.45) is 5.29. The zero-order chi connectivity index (χ0) is 24.4. The number of hydrogen-bond acceptors (Lipinski definition) is 9. The molecular formula is C24H27N5O4S2. The Labute approximate surface area is 208 Å². The standard InChI is InChI=1S/C24H27N5O4S2/c25-35(31,32)33-13-16-5-6-20(7-16)28-24-21(9-26-15-27-24)23(30)22-8-17(14-34-22)10-29-11-18-3-1-2-4-19(18)12-29/h1-4,8-9,14-16,20H,5-7,10-13H2,(H2,25,31,32)(H,26,27,28)/t16-,20+/m1/s1. The average Bonchev–Trinajstić information content (AvgIpc) is 3.57. The van der Waals surface area contributed by atoms with E-state index >= 15 is 0 Å². The van der Waals surface area contributed by atoms with Crippen molar-refractivity contribution in [3.05, 3.63) is 75.4 Å². The molecule has 1 aliphatic carbocycles. The van der Waals surface area contributed by atoms with Gasteiger partial charge in [-0.1, -0.05) is 24.3 Å². The predicted octanol–water partition coefficient (Wildman–Crippen LogP) is 3.09. The van der Waals surface area contributed by atoms with Gasteiger partial charge in [-0.15, -0.1) is 11.3 Å². The Balaban J connectivity index is 1.21. The summed E-state index contributed by atoms with van der Waals surface area (Å²) in [5.74, 6) is 0.456. The van der Waals surface area contributed by atoms with Crippen molar-refractivity contribution in [1.29, 1.82) is 0 Å². The highest BCUT2D eigenvalue weighted by Crippen LogP contribution is 2.30. The van der Waals surface area contributed by atoms with Crippen LogP contribution in [-0.2, 0) is 34.1 Å². The van der Waals surface area contributed by atoms with Gasteiger partial charge >= 0.3 is 10.3 Å². The number of nitrogens with two attached hydrogens (primary N) is 1. The smallest absolute Gasteiger partial charge is 0.333 e. The number of carbonyl (C=O) groups is 1. The summed E-state index contributed by atoms with van der Waals surface area (Å²) in [7, 11) is -3.94. The Hall–Kier alpha value is -2.70. The van der Waals surface area contributed by atoms with E-state index in [1.807, 2.05) is 11.4 Å². The first-order valence-electron chi connectivity index (χ1n) is 11.5. The highest BCUT2D eigenvalue weighted by molar-refractivity contribution is 7.84. The molecule has 3 aromatic rings. The van der Waals surface area contributed by atoms with E-state index in [4.69, 9.17) is 9.32 Å². The maximum Gasteiger partial charge on any atom is 0.333 e. The van der Waals surface area contributed by atoms with Gasteiger partial charge in [0.2, 0.25) is 5.78 Å². The molecule has 1 aliphatic heterocycles. The number of hydrogen-bond donors (Lipinski definition) is 2. The topological polar surface area (TPSA) is 128 Å². The molecule has 1 aromatic carbocycles. The Bertz CT molecular complexity index is 1300. The molecule has 184 valence electrons. The van der Waals surface area contributed by atoms with Gasteiger partial charge in [-0.2, -0.15) is 8.42 Å². The van der Waals surface area contributed by atoms with Crippen molar-refractivity contribution in [2.45, 2.75) is 44.9 Å². The highest BCUT2D eigenvalue weighted by atomic mass is 32.2. The van der Waals surface area contributed by atoms with Crippen LogP contribution in [0.2, 0.25) is 0 Å². The molecule has 11 heteroatoms. The van der Waals surface area contributed by atoms with Crippen LogP contribution < -0.4 is 10.5 Å². The average molecular weight is 514 g/mol. The quantitative estimate of drug-likeness (QED) is 0.418. The van der Waals surface area contributed by atoms with Crippen LogP contribution in [0.3, 0.4) is 0 Å². The lowest BCUT2D eigenvalue weighted by Gasteiger charge is -2.16. The van der Waals surface area contributed by atoms with Crippen LogP contribution in [0.4, 0.5) is 5.82 Å². The molecule has 2 aliphatic rings. The molecule has 0 radical (unpaired) electrons. The fourth-order valence-corrected chi connectivity index (χ4v) is 6.08. The maximum absolute atomic E-state index is 13.3. The number of fused-ring (bicyclic) bond motifs is 1. The van der Waals surface area contributed by atoms with Gasteiger partial charge in [-0.3, -0.25) is 13.9 Å². The molecule has 1 fully saturated rings. The van der Waals surface area contributed by atoms with E-state index in [1.54, 1.807) is 6.20 Å². The predicted molar refractivity (Wildman–Crippen MR) is 133 cm³/mol. The number of aromatic nitrogens is 2. The van der Waals surface area contributed by atoms with Crippen molar-refractivity contribution < 1.29 is 17.4 Å². The van der Waals surface area contributed by atoms with Crippen LogP contribution in [0.5, 0.6) is 0 Å². The van der Waals surface area contributed by atoms with E-state index in [0.29, 0.717) is 22.7 Å². The molecular weight excluding hydrogens is 486 g/mol. The molecule has 0 spiro atoms. The zero-order valence-electron chi connectivity index (χ0n) is 19.1. The SMILES string of the molecule is NS(=O)(=O)OC[C@@H]1CC[C@H](Nc2ncncc2C(=O)c2cc(CN3Cc4ccccc4C3)cs2)C1. The number of carbonyl (C=O) groups excluding carboxylic acids is 1. The van der Waals surface area contributed by atoms with Crippen LogP contribution in [0.15, 0.2) is 48.2 Å². The summed E-state index contributed by atoms with van der Waals surface area (Å²) >= 11 is 1.44. The lowest BCUT2D eigenvalue weighted by Crippen LogP contribution is -2.22. The summed E-state index contributed by atoms with van der Waals surface area (Å²) in [4.78, 5) is 24.7. The number of nitrogens with one attached hydrogen (secondary N) is 1. The number of thiophene rings is 1. The molecule has 1 saturated carbocycles. The van der Waals surface area contributed by atoms with Gasteiger partial charge in [0.05, 0.1) is 17.0 Å². The third kappa shape index (κ3) is 5.93. The number of benzene rings is 1. The lowest BCUT2D eigenvalue weighted by molar-refractivity contribution is 0.104. The lowest BCUT2D eigenvalue weighted by atomic mass is 10.1. The molecule has 5 rings (SSSR count). The number of rotatable bonds is 9. The monoisotopic (exact) mass is 513 g/mol. The fraction of sp³-hybridized carbons (Fsp3) is 0.375. The van der Waals surface area contributed by atoms with Gasteiger partial charge in [-0.25, -0.2) is 15.1 Å². The van der Waals surface area contributed by atoms with Crippen molar-refractivity contribution in [1.82, 2.24) is 14.9 Å². The van der Waals surface area contributed by atoms with Gasteiger partial charge < -0.3 is 5.32 Å². The minimum absolute atomic E-state index is 0.0567. The summed E-state index contributed by atoms with van der Waals surface area (Å²) in [6, 6.07) is 10.5. The van der Waals surface area contributed by atoms with Crippen molar-refractivity contribution in [3.8, 4) is 0 Å². The van der Waals surface area contributed by atoms with Gasteiger partial charge in [0.1, 0.15) is 12.1 Å². The fourth-order valence-electron chi connectivity index (χ4n) is 4.84. The molecule has 9 nitrogen and oxygen atoms in total. The van der Waals surface area contributed by atoms with Crippen molar-refractivity contribution in [2.75, 3.05) is 11.9 Å². The number of anilines is 1. The van der Waals surface area contributed by atoms with Crippen LogP contribution in [-0.4, -0.2) is 41.7 Å². The van der Waals surface area contributed by atoms with Crippen LogP contribution in [0.1, 0.15) is 51.2 Å². The third-order valence-corrected chi connectivity index (χ3v) is 7.94. The molecule has 0 bridgehead atoms. The Morgan fingerprint density at radius 1 is 1.23 bits per heavy atom. The largest absolute Gasteiger partial charge is 0.367 e. The Morgan fingerprint density at radius 3 is 2.74 bits per heavy atom. The van der Waals surface area contributed by atoms with Gasteiger partial charge in [0, 0.05) is 31.9 Å². The van der Waals surface area contributed by atoms with E-state index in [0.717, 1.165) is 38.0 Å². The Morgan fingerprint density at radius 2 is 2.00 bits per heavy atom. The van der Waals surface area contributed by atoms with Crippen molar-refractivity contribution in [3.63, 3.8) is 0 Å². The molecule has 35 heavy (non-hydrogen) atoms. The van der Waals surface area contributed by atoms with Gasteiger partial charge in [0.25, 0.3) is 0 Å². The van der Waals surface area contributed by atoms with E-state index < -0.39 is 10.3 Å². The number of ketones is 1. The van der Waals surface area contributed by atoms with Gasteiger partial charge in [-0.05, 0) is 53.3 Å². The molecule has 3 N–H and O–H groups in total. The first-order chi connectivity index (χ1) is 16.8. The normalized spacial score (nSPS) is 20.1. The first kappa shape index (κ1) is 24.0. The van der Waals surface area contributed by atoms with E-state index in [1.165, 1.54) is 28.8 Å². The van der Waals surface area contributed by atoms with Crippen LogP contribution >= 0.6 is 11.3 Å². The van der Waals surface area contributed by atoms with Crippen LogP contribution in [0, 0.1) is 5.92 Å². The summed E-state index contributed by atoms with van der Waals surface area (Å²) in [6.45, 7) is 2.69. The van der Waals surface area contributed by atoms with E-state index in [9.17, 15) is 13.2 Å². The van der Waals surface area contributed by atoms with Crippen LogP contribution in [0.25, 0.3) is 0 Å². The molecule has 3 heterocycles. The van der Waals surface area contributed by atoms with Crippen molar-refractivity contribution >= 4 is 33.2 Å². The zero-order valence-corrected chi connectivity index (χ0v) is 20.7. The second kappa shape index (κ2) is 10.1. The summed E-state index contributed by atoms with van der Waals surface area (Å²) in [5, 5.41) is 10.3. The second-order valence-electron chi connectivity index (χ2n) is 9.14. The molecule has 2 atom stereocenters. The maximum atomic E-state index is 13.3. The van der Waals surface area contributed by atoms with E-state index in [2.05, 4.69) is 44.5 Å². The van der Waals surface area contributed by atoms with Crippen molar-refractivity contribution in [2.24, 2.45) is 11.1 Å². The number of nitrogens with zero attached hydrogens (tertiary/aromatic N) is 3.